The van der Waals surface area contributed by atoms with Crippen molar-refractivity contribution in [1.29, 1.82) is 0 Å². The van der Waals surface area contributed by atoms with Crippen LogP contribution in [0.5, 0.6) is 0 Å². The van der Waals surface area contributed by atoms with Gasteiger partial charge >= 0.3 is 0 Å². The number of rotatable bonds is 6. The maximum atomic E-state index is 5.16. The first-order chi connectivity index (χ1) is 9.13. The lowest BCUT2D eigenvalue weighted by molar-refractivity contribution is 0.0909. The smallest absolute Gasteiger partial charge is 0.0947 e. The van der Waals surface area contributed by atoms with Crippen LogP contribution in [0.2, 0.25) is 0 Å². The molecule has 0 radical (unpaired) electrons. The molecule has 1 aromatic rings. The first kappa shape index (κ1) is 14.6. The first-order valence-corrected chi connectivity index (χ1v) is 7.48. The number of hydrogen-bond donors (Lipinski definition) is 1. The van der Waals surface area contributed by atoms with Crippen molar-refractivity contribution >= 4 is 0 Å². The van der Waals surface area contributed by atoms with Gasteiger partial charge in [-0.3, -0.25) is 0 Å². The number of furan rings is 1. The van der Waals surface area contributed by atoms with Gasteiger partial charge in [0.15, 0.2) is 0 Å². The van der Waals surface area contributed by atoms with Gasteiger partial charge in [-0.2, -0.15) is 0 Å². The summed E-state index contributed by atoms with van der Waals surface area (Å²) in [7, 11) is 4.31. The van der Waals surface area contributed by atoms with Crippen LogP contribution in [0.1, 0.15) is 38.2 Å². The monoisotopic (exact) mass is 264 g/mol. The predicted molar refractivity (Wildman–Crippen MR) is 79.0 cm³/mol. The van der Waals surface area contributed by atoms with E-state index in [4.69, 9.17) is 4.42 Å². The van der Waals surface area contributed by atoms with Gasteiger partial charge in [0.25, 0.3) is 0 Å². The van der Waals surface area contributed by atoms with Crippen molar-refractivity contribution in [3.05, 3.63) is 24.2 Å². The molecule has 3 heteroatoms. The van der Waals surface area contributed by atoms with Crippen molar-refractivity contribution < 1.29 is 4.42 Å². The van der Waals surface area contributed by atoms with Crippen molar-refractivity contribution in [3.63, 3.8) is 0 Å². The van der Waals surface area contributed by atoms with Crippen molar-refractivity contribution in [3.8, 4) is 0 Å². The summed E-state index contributed by atoms with van der Waals surface area (Å²) in [6.45, 7) is 5.69. The van der Waals surface area contributed by atoms with E-state index < -0.39 is 0 Å². The van der Waals surface area contributed by atoms with Crippen LogP contribution in [0.4, 0.5) is 0 Å². The number of nitrogens with one attached hydrogen (secondary N) is 1. The van der Waals surface area contributed by atoms with Crippen LogP contribution in [0.3, 0.4) is 0 Å². The van der Waals surface area contributed by atoms with Crippen LogP contribution in [0, 0.1) is 11.3 Å². The average molecular weight is 264 g/mol. The van der Waals surface area contributed by atoms with E-state index in [9.17, 15) is 0 Å². The molecule has 1 fully saturated rings. The molecular formula is C16H28N2O. The molecule has 0 aromatic carbocycles. The van der Waals surface area contributed by atoms with Crippen molar-refractivity contribution in [2.45, 2.75) is 39.2 Å². The van der Waals surface area contributed by atoms with E-state index in [1.807, 2.05) is 6.26 Å². The fourth-order valence-electron chi connectivity index (χ4n) is 3.83. The Morgan fingerprint density at radius 2 is 2.37 bits per heavy atom. The van der Waals surface area contributed by atoms with Gasteiger partial charge in [-0.05, 0) is 44.3 Å². The molecule has 3 nitrogen and oxygen atoms in total. The Labute approximate surface area is 117 Å². The van der Waals surface area contributed by atoms with Crippen LogP contribution < -0.4 is 5.32 Å². The molecule has 1 N–H and O–H groups in total. The minimum Gasteiger partial charge on any atom is -0.472 e. The molecule has 0 spiro atoms. The topological polar surface area (TPSA) is 28.4 Å². The van der Waals surface area contributed by atoms with Crippen LogP contribution in [0.15, 0.2) is 23.0 Å². The van der Waals surface area contributed by atoms with Crippen LogP contribution in [0.25, 0.3) is 0 Å². The number of nitrogens with zero attached hydrogens (tertiary/aromatic N) is 1. The molecule has 0 saturated heterocycles. The zero-order valence-corrected chi connectivity index (χ0v) is 12.6. The third kappa shape index (κ3) is 4.08. The Morgan fingerprint density at radius 3 is 3.00 bits per heavy atom. The first-order valence-electron chi connectivity index (χ1n) is 7.48. The van der Waals surface area contributed by atoms with Crippen LogP contribution in [-0.4, -0.2) is 32.1 Å². The molecule has 0 bridgehead atoms. The molecule has 2 atom stereocenters. The third-order valence-corrected chi connectivity index (χ3v) is 4.38. The van der Waals surface area contributed by atoms with Gasteiger partial charge in [0.05, 0.1) is 12.5 Å². The highest BCUT2D eigenvalue weighted by Gasteiger charge is 2.35. The molecule has 108 valence electrons. The van der Waals surface area contributed by atoms with E-state index in [0.717, 1.165) is 19.0 Å². The highest BCUT2D eigenvalue weighted by Crippen LogP contribution is 2.39. The summed E-state index contributed by atoms with van der Waals surface area (Å²) < 4.78 is 5.16. The molecule has 1 saturated carbocycles. The summed E-state index contributed by atoms with van der Waals surface area (Å²) in [6, 6.07) is 2.06. The Morgan fingerprint density at radius 1 is 1.53 bits per heavy atom. The second-order valence-corrected chi connectivity index (χ2v) is 6.54. The summed E-state index contributed by atoms with van der Waals surface area (Å²) >= 11 is 0. The van der Waals surface area contributed by atoms with E-state index in [-0.39, 0.29) is 0 Å². The van der Waals surface area contributed by atoms with Gasteiger partial charge < -0.3 is 14.6 Å². The predicted octanol–water partition coefficient (Wildman–Crippen LogP) is 3.13. The van der Waals surface area contributed by atoms with Crippen LogP contribution >= 0.6 is 0 Å². The molecule has 0 amide bonds. The standard InChI is InChI=1S/C16H28N2O/c1-14-5-4-7-16(9-14,12-17-2)13-18(3)10-15-6-8-19-11-15/h6,8,11,14,17H,4-5,7,9-10,12-13H2,1-3H3. The van der Waals surface area contributed by atoms with E-state index in [0.29, 0.717) is 5.41 Å². The second-order valence-electron chi connectivity index (χ2n) is 6.54. The van der Waals surface area contributed by atoms with E-state index in [2.05, 4.69) is 37.3 Å². The lowest BCUT2D eigenvalue weighted by atomic mass is 9.69. The minimum atomic E-state index is 0.449. The summed E-state index contributed by atoms with van der Waals surface area (Å²) in [5, 5.41) is 3.42. The normalized spacial score (nSPS) is 27.9. The lowest BCUT2D eigenvalue weighted by Gasteiger charge is -2.42. The molecule has 0 aliphatic heterocycles. The Kier molecular flexibility index (Phi) is 5.06. The van der Waals surface area contributed by atoms with Crippen molar-refractivity contribution in [1.82, 2.24) is 10.2 Å². The lowest BCUT2D eigenvalue weighted by Crippen LogP contribution is -2.44. The van der Waals surface area contributed by atoms with E-state index in [1.165, 1.54) is 37.8 Å². The molecule has 19 heavy (non-hydrogen) atoms. The Hall–Kier alpha value is -0.800. The molecule has 1 aliphatic rings. The molecule has 1 heterocycles. The molecule has 1 aromatic heterocycles. The Balaban J connectivity index is 1.95. The molecule has 2 rings (SSSR count). The fraction of sp³-hybridized carbons (Fsp3) is 0.750. The van der Waals surface area contributed by atoms with E-state index >= 15 is 0 Å². The van der Waals surface area contributed by atoms with Gasteiger partial charge in [-0.25, -0.2) is 0 Å². The molecular weight excluding hydrogens is 236 g/mol. The summed E-state index contributed by atoms with van der Waals surface area (Å²) in [5.41, 5.74) is 1.72. The van der Waals surface area contributed by atoms with Gasteiger partial charge in [0.2, 0.25) is 0 Å². The third-order valence-electron chi connectivity index (χ3n) is 4.38. The van der Waals surface area contributed by atoms with Crippen molar-refractivity contribution in [2.24, 2.45) is 11.3 Å². The largest absolute Gasteiger partial charge is 0.472 e. The highest BCUT2D eigenvalue weighted by molar-refractivity contribution is 5.05. The fourth-order valence-corrected chi connectivity index (χ4v) is 3.83. The highest BCUT2D eigenvalue weighted by atomic mass is 16.3. The number of hydrogen-bond acceptors (Lipinski definition) is 3. The molecule has 2 unspecified atom stereocenters. The van der Waals surface area contributed by atoms with Crippen molar-refractivity contribution in [2.75, 3.05) is 27.2 Å². The van der Waals surface area contributed by atoms with Gasteiger partial charge in [0, 0.05) is 25.2 Å². The zero-order chi connectivity index (χ0) is 13.7. The summed E-state index contributed by atoms with van der Waals surface area (Å²) in [4.78, 5) is 2.44. The average Bonchev–Trinajstić information content (AvgIpc) is 2.81. The minimum absolute atomic E-state index is 0.449. The molecule has 1 aliphatic carbocycles. The summed E-state index contributed by atoms with van der Waals surface area (Å²) in [6.07, 6.45) is 9.09. The summed E-state index contributed by atoms with van der Waals surface area (Å²) in [5.74, 6) is 0.865. The SMILES string of the molecule is CNCC1(CN(C)Cc2ccoc2)CCCC(C)C1. The van der Waals surface area contributed by atoms with Gasteiger partial charge in [-0.15, -0.1) is 0 Å². The maximum absolute atomic E-state index is 5.16. The van der Waals surface area contributed by atoms with Gasteiger partial charge in [-0.1, -0.05) is 19.8 Å². The zero-order valence-electron chi connectivity index (χ0n) is 12.6. The quantitative estimate of drug-likeness (QED) is 0.855. The van der Waals surface area contributed by atoms with E-state index in [1.54, 1.807) is 6.26 Å². The maximum Gasteiger partial charge on any atom is 0.0947 e. The second kappa shape index (κ2) is 6.58. The van der Waals surface area contributed by atoms with Crippen LogP contribution in [-0.2, 0) is 6.54 Å². The van der Waals surface area contributed by atoms with Gasteiger partial charge in [0.1, 0.15) is 0 Å². The Bertz CT molecular complexity index is 359.